The Bertz CT molecular complexity index is 1160. The van der Waals surface area contributed by atoms with Gasteiger partial charge >= 0.3 is 19.8 Å². The van der Waals surface area contributed by atoms with Crippen molar-refractivity contribution in [2.24, 2.45) is 0 Å². The minimum Gasteiger partial charge on any atom is -0.480 e. The van der Waals surface area contributed by atoms with Crippen LogP contribution in [0.2, 0.25) is 0 Å². The molecule has 63 heavy (non-hydrogen) atoms. The first-order valence-electron chi connectivity index (χ1n) is 25.9. The van der Waals surface area contributed by atoms with Crippen molar-refractivity contribution in [3.05, 3.63) is 24.3 Å². The zero-order valence-electron chi connectivity index (χ0n) is 40.4. The van der Waals surface area contributed by atoms with Crippen molar-refractivity contribution >= 4 is 25.7 Å². The summed E-state index contributed by atoms with van der Waals surface area (Å²) in [5.74, 6) is -2.37. The molecule has 4 N–H and O–H groups in total. The fourth-order valence-electron chi connectivity index (χ4n) is 7.42. The summed E-state index contributed by atoms with van der Waals surface area (Å²) in [5, 5.41) is 21.9. The summed E-state index contributed by atoms with van der Waals surface area (Å²) in [6, 6.07) is -1.55. The molecular weight excluding hydrogens is 818 g/mol. The number of ether oxygens (including phenoxy) is 1. The van der Waals surface area contributed by atoms with Gasteiger partial charge in [0.2, 0.25) is 5.91 Å². The second kappa shape index (κ2) is 46.5. The van der Waals surface area contributed by atoms with Crippen molar-refractivity contribution in [1.82, 2.24) is 5.32 Å². The van der Waals surface area contributed by atoms with E-state index in [1.807, 2.05) is 0 Å². The van der Waals surface area contributed by atoms with E-state index in [2.05, 4.69) is 43.5 Å². The van der Waals surface area contributed by atoms with E-state index in [0.717, 1.165) is 57.8 Å². The number of unbranched alkanes of at least 4 members (excludes halogenated alkanes) is 31. The topological polar surface area (TPSA) is 169 Å². The van der Waals surface area contributed by atoms with Crippen molar-refractivity contribution in [2.45, 2.75) is 264 Å². The third-order valence-corrected chi connectivity index (χ3v) is 12.4. The standard InChI is InChI=1S/C51H96NO10P/c1-3-5-7-9-11-13-15-17-19-21-22-23-24-25-26-27-29-31-33-35-37-39-41-43-50(55)60-44-47(53)45-61-63(58,59)62-46-48(51(56)57)52-49(54)42-40-38-36-34-32-30-28-20-18-16-14-12-10-8-6-4-2/h17,19-20,28,47-48,53H,3-16,18,21-27,29-46H2,1-2H3,(H,52,54)(H,56,57)(H,58,59)/b19-17+,28-20-. The highest BCUT2D eigenvalue weighted by atomic mass is 31.2. The highest BCUT2D eigenvalue weighted by Gasteiger charge is 2.28. The van der Waals surface area contributed by atoms with Gasteiger partial charge in [-0.15, -0.1) is 0 Å². The number of hydrogen-bond acceptors (Lipinski definition) is 8. The molecule has 0 heterocycles. The number of amides is 1. The number of carboxylic acids is 1. The number of phosphoric ester groups is 1. The van der Waals surface area contributed by atoms with Gasteiger partial charge in [-0.1, -0.05) is 199 Å². The minimum absolute atomic E-state index is 0.138. The Morgan fingerprint density at radius 3 is 1.21 bits per heavy atom. The molecule has 3 unspecified atom stereocenters. The Kier molecular flexibility index (Phi) is 45.0. The monoisotopic (exact) mass is 914 g/mol. The highest BCUT2D eigenvalue weighted by Crippen LogP contribution is 2.43. The van der Waals surface area contributed by atoms with Crippen LogP contribution in [0.5, 0.6) is 0 Å². The first-order valence-corrected chi connectivity index (χ1v) is 27.4. The molecule has 0 aliphatic heterocycles. The first kappa shape index (κ1) is 61.0. The number of aliphatic carboxylic acids is 1. The molecule has 0 aliphatic carbocycles. The molecule has 1 amide bonds. The lowest BCUT2D eigenvalue weighted by atomic mass is 10.0. The van der Waals surface area contributed by atoms with Gasteiger partial charge in [0.05, 0.1) is 13.2 Å². The third-order valence-electron chi connectivity index (χ3n) is 11.5. The Morgan fingerprint density at radius 1 is 0.492 bits per heavy atom. The SMILES string of the molecule is CCCCCCCC/C=C/CCCCCCCCCCCCCCCC(=O)OCC(O)COP(=O)(O)OCC(NC(=O)CCCCCCC/C=C\CCCCCCCCC)C(=O)O. The van der Waals surface area contributed by atoms with Gasteiger partial charge in [-0.05, 0) is 64.2 Å². The molecule has 0 bridgehead atoms. The molecule has 0 aromatic rings. The smallest absolute Gasteiger partial charge is 0.472 e. The van der Waals surface area contributed by atoms with E-state index in [1.54, 1.807) is 0 Å². The lowest BCUT2D eigenvalue weighted by molar-refractivity contribution is -0.147. The molecule has 370 valence electrons. The van der Waals surface area contributed by atoms with Gasteiger partial charge in [-0.25, -0.2) is 9.36 Å². The average molecular weight is 914 g/mol. The molecular formula is C51H96NO10P. The number of hydrogen-bond donors (Lipinski definition) is 4. The van der Waals surface area contributed by atoms with Gasteiger partial charge in [0.1, 0.15) is 12.7 Å². The normalized spacial score (nSPS) is 13.7. The number of aliphatic hydroxyl groups is 1. The van der Waals surface area contributed by atoms with Crippen LogP contribution in [-0.4, -0.2) is 64.9 Å². The number of phosphoric acid groups is 1. The van der Waals surface area contributed by atoms with Crippen LogP contribution >= 0.6 is 7.82 Å². The highest BCUT2D eigenvalue weighted by molar-refractivity contribution is 7.47. The fourth-order valence-corrected chi connectivity index (χ4v) is 8.20. The molecule has 11 nitrogen and oxygen atoms in total. The number of carboxylic acid groups (broad SMARTS) is 1. The van der Waals surface area contributed by atoms with Crippen LogP contribution in [0.25, 0.3) is 0 Å². The molecule has 0 fully saturated rings. The molecule has 0 aliphatic rings. The Morgan fingerprint density at radius 2 is 0.825 bits per heavy atom. The quantitative estimate of drug-likeness (QED) is 0.0199. The number of esters is 1. The molecule has 0 rings (SSSR count). The summed E-state index contributed by atoms with van der Waals surface area (Å²) >= 11 is 0. The summed E-state index contributed by atoms with van der Waals surface area (Å²) in [6.45, 7) is 2.62. The van der Waals surface area contributed by atoms with Crippen molar-refractivity contribution in [1.29, 1.82) is 0 Å². The molecule has 0 saturated heterocycles. The van der Waals surface area contributed by atoms with E-state index in [0.29, 0.717) is 12.8 Å². The van der Waals surface area contributed by atoms with Gasteiger partial charge in [0.15, 0.2) is 6.04 Å². The predicted molar refractivity (Wildman–Crippen MR) is 259 cm³/mol. The van der Waals surface area contributed by atoms with Crippen molar-refractivity contribution in [3.63, 3.8) is 0 Å². The average Bonchev–Trinajstić information content (AvgIpc) is 3.26. The van der Waals surface area contributed by atoms with E-state index in [4.69, 9.17) is 13.8 Å². The lowest BCUT2D eigenvalue weighted by Gasteiger charge is -2.18. The molecule has 0 spiro atoms. The van der Waals surface area contributed by atoms with Crippen LogP contribution in [-0.2, 0) is 32.7 Å². The molecule has 0 aromatic heterocycles. The summed E-state index contributed by atoms with van der Waals surface area (Å²) in [4.78, 5) is 46.1. The molecule has 0 saturated carbocycles. The zero-order chi connectivity index (χ0) is 46.3. The second-order valence-corrected chi connectivity index (χ2v) is 19.2. The Balaban J connectivity index is 3.79. The van der Waals surface area contributed by atoms with Crippen molar-refractivity contribution in [2.75, 3.05) is 19.8 Å². The Labute approximate surface area is 385 Å². The number of aliphatic hydroxyl groups excluding tert-OH is 1. The third kappa shape index (κ3) is 46.3. The molecule has 0 aromatic carbocycles. The van der Waals surface area contributed by atoms with E-state index < -0.39 is 57.6 Å². The number of rotatable bonds is 49. The minimum atomic E-state index is -4.76. The van der Waals surface area contributed by atoms with Gasteiger partial charge < -0.3 is 25.2 Å². The lowest BCUT2D eigenvalue weighted by Crippen LogP contribution is -2.43. The Hall–Kier alpha value is -2.04. The summed E-state index contributed by atoms with van der Waals surface area (Å²) in [7, 11) is -4.76. The van der Waals surface area contributed by atoms with Crippen molar-refractivity contribution in [3.8, 4) is 0 Å². The van der Waals surface area contributed by atoms with Crippen molar-refractivity contribution < 1.29 is 47.8 Å². The maximum Gasteiger partial charge on any atom is 0.472 e. The van der Waals surface area contributed by atoms with Gasteiger partial charge in [-0.3, -0.25) is 18.6 Å². The van der Waals surface area contributed by atoms with Crippen LogP contribution in [0, 0.1) is 0 Å². The summed E-state index contributed by atoms with van der Waals surface area (Å²) in [6.07, 6.45) is 50.6. The maximum absolute atomic E-state index is 12.3. The maximum atomic E-state index is 12.3. The van der Waals surface area contributed by atoms with Gasteiger partial charge in [0, 0.05) is 12.8 Å². The summed E-state index contributed by atoms with van der Waals surface area (Å²) < 4.78 is 26.9. The van der Waals surface area contributed by atoms with E-state index >= 15 is 0 Å². The van der Waals surface area contributed by atoms with Gasteiger partial charge in [-0.2, -0.15) is 0 Å². The number of carbonyl (C=O) groups is 3. The van der Waals surface area contributed by atoms with Gasteiger partial charge in [0.25, 0.3) is 0 Å². The van der Waals surface area contributed by atoms with Crippen LogP contribution in [0.4, 0.5) is 0 Å². The largest absolute Gasteiger partial charge is 0.480 e. The van der Waals surface area contributed by atoms with E-state index in [9.17, 15) is 34.1 Å². The van der Waals surface area contributed by atoms with E-state index in [-0.39, 0.29) is 12.8 Å². The summed E-state index contributed by atoms with van der Waals surface area (Å²) in [5.41, 5.74) is 0. The van der Waals surface area contributed by atoms with Crippen LogP contribution in [0.15, 0.2) is 24.3 Å². The van der Waals surface area contributed by atoms with Crippen LogP contribution < -0.4 is 5.32 Å². The predicted octanol–water partition coefficient (Wildman–Crippen LogP) is 14.2. The molecule has 3 atom stereocenters. The molecule has 0 radical (unpaired) electrons. The number of allylic oxidation sites excluding steroid dienone is 4. The fraction of sp³-hybridized carbons (Fsp3) is 0.863. The van der Waals surface area contributed by atoms with E-state index in [1.165, 1.54) is 154 Å². The van der Waals surface area contributed by atoms with Crippen LogP contribution in [0.1, 0.15) is 251 Å². The second-order valence-electron chi connectivity index (χ2n) is 17.7. The molecule has 12 heteroatoms. The number of nitrogens with one attached hydrogen (secondary N) is 1. The van der Waals surface area contributed by atoms with Crippen LogP contribution in [0.3, 0.4) is 0 Å². The zero-order valence-corrected chi connectivity index (χ0v) is 41.3. The number of carbonyl (C=O) groups excluding carboxylic acids is 2. The first-order chi connectivity index (χ1) is 30.6.